The third-order valence-corrected chi connectivity index (χ3v) is 2.47. The molecule has 19 heavy (non-hydrogen) atoms. The average molecular weight is 264 g/mol. The maximum Gasteiger partial charge on any atom is 0.240 e. The number of hydrogen-bond acceptors (Lipinski definition) is 4. The van der Waals surface area contributed by atoms with E-state index in [1.807, 2.05) is 30.3 Å². The molecular formula is C14H20N2O3. The standard InChI is InChI=1S/C14H20N2O3/c1-14(2,15)13(18)16-12(8-17)10-19-9-11-6-4-3-5-7-11/h3-8,12H,9-10,15H2,1-2H3,(H,16,18). The molecule has 5 nitrogen and oxygen atoms in total. The molecule has 0 heterocycles. The number of hydrogen-bond donors (Lipinski definition) is 2. The van der Waals surface area contributed by atoms with E-state index in [2.05, 4.69) is 5.32 Å². The number of aldehydes is 1. The molecule has 0 aliphatic heterocycles. The molecule has 0 saturated heterocycles. The van der Waals surface area contributed by atoms with E-state index in [1.54, 1.807) is 13.8 Å². The maximum absolute atomic E-state index is 11.6. The van der Waals surface area contributed by atoms with Gasteiger partial charge >= 0.3 is 0 Å². The molecule has 5 heteroatoms. The van der Waals surface area contributed by atoms with E-state index in [0.717, 1.165) is 5.56 Å². The Hall–Kier alpha value is -1.72. The van der Waals surface area contributed by atoms with Crippen LogP contribution in [0.4, 0.5) is 0 Å². The van der Waals surface area contributed by atoms with Crippen LogP contribution in [-0.2, 0) is 20.9 Å². The van der Waals surface area contributed by atoms with Gasteiger partial charge in [-0.15, -0.1) is 0 Å². The molecule has 3 N–H and O–H groups in total. The van der Waals surface area contributed by atoms with E-state index in [0.29, 0.717) is 12.9 Å². The summed E-state index contributed by atoms with van der Waals surface area (Å²) in [5.74, 6) is -0.382. The van der Waals surface area contributed by atoms with Gasteiger partial charge in [-0.05, 0) is 19.4 Å². The van der Waals surface area contributed by atoms with Gasteiger partial charge in [0.25, 0.3) is 0 Å². The summed E-state index contributed by atoms with van der Waals surface area (Å²) < 4.78 is 5.40. The Kier molecular flexibility index (Phi) is 5.66. The number of nitrogens with two attached hydrogens (primary N) is 1. The fourth-order valence-electron chi connectivity index (χ4n) is 1.35. The lowest BCUT2D eigenvalue weighted by atomic mass is 10.1. The van der Waals surface area contributed by atoms with Crippen LogP contribution in [0.3, 0.4) is 0 Å². The summed E-state index contributed by atoms with van der Waals surface area (Å²) >= 11 is 0. The van der Waals surface area contributed by atoms with Crippen molar-refractivity contribution in [1.82, 2.24) is 5.32 Å². The number of benzene rings is 1. The van der Waals surface area contributed by atoms with Crippen molar-refractivity contribution in [2.24, 2.45) is 5.73 Å². The van der Waals surface area contributed by atoms with Crippen LogP contribution in [0, 0.1) is 0 Å². The van der Waals surface area contributed by atoms with Crippen molar-refractivity contribution < 1.29 is 14.3 Å². The molecule has 0 aliphatic rings. The molecule has 1 rings (SSSR count). The molecule has 1 unspecified atom stereocenters. The van der Waals surface area contributed by atoms with Crippen molar-refractivity contribution in [2.75, 3.05) is 6.61 Å². The molecule has 0 aliphatic carbocycles. The third kappa shape index (κ3) is 5.63. The highest BCUT2D eigenvalue weighted by atomic mass is 16.5. The van der Waals surface area contributed by atoms with Gasteiger partial charge in [0, 0.05) is 0 Å². The summed E-state index contributed by atoms with van der Waals surface area (Å²) in [4.78, 5) is 22.5. The van der Waals surface area contributed by atoms with Crippen LogP contribution in [0.15, 0.2) is 30.3 Å². The highest BCUT2D eigenvalue weighted by Crippen LogP contribution is 2.01. The van der Waals surface area contributed by atoms with Gasteiger partial charge in [-0.3, -0.25) is 4.79 Å². The summed E-state index contributed by atoms with van der Waals surface area (Å²) in [6.07, 6.45) is 0.647. The zero-order valence-electron chi connectivity index (χ0n) is 11.3. The number of rotatable bonds is 7. The largest absolute Gasteiger partial charge is 0.374 e. The second-order valence-electron chi connectivity index (χ2n) is 4.94. The Morgan fingerprint density at radius 1 is 1.42 bits per heavy atom. The summed E-state index contributed by atoms with van der Waals surface area (Å²) in [7, 11) is 0. The van der Waals surface area contributed by atoms with E-state index >= 15 is 0 Å². The molecule has 0 radical (unpaired) electrons. The first-order valence-electron chi connectivity index (χ1n) is 6.10. The van der Waals surface area contributed by atoms with Crippen molar-refractivity contribution in [3.8, 4) is 0 Å². The first kappa shape index (κ1) is 15.3. The van der Waals surface area contributed by atoms with Crippen LogP contribution < -0.4 is 11.1 Å². The van der Waals surface area contributed by atoms with Gasteiger partial charge in [-0.1, -0.05) is 30.3 Å². The van der Waals surface area contributed by atoms with Gasteiger partial charge in [0.15, 0.2) is 0 Å². The highest BCUT2D eigenvalue weighted by molar-refractivity contribution is 5.87. The third-order valence-electron chi connectivity index (χ3n) is 2.47. The predicted molar refractivity (Wildman–Crippen MR) is 72.4 cm³/mol. The predicted octanol–water partition coefficient (Wildman–Crippen LogP) is 0.624. The summed E-state index contributed by atoms with van der Waals surface area (Å²) in [6.45, 7) is 3.68. The molecule has 0 aromatic heterocycles. The summed E-state index contributed by atoms with van der Waals surface area (Å²) in [6, 6.07) is 8.92. The quantitative estimate of drug-likeness (QED) is 0.708. The van der Waals surface area contributed by atoms with Crippen molar-refractivity contribution in [3.05, 3.63) is 35.9 Å². The first-order valence-corrected chi connectivity index (χ1v) is 6.10. The van der Waals surface area contributed by atoms with E-state index in [1.165, 1.54) is 0 Å². The van der Waals surface area contributed by atoms with Crippen molar-refractivity contribution >= 4 is 12.2 Å². The maximum atomic E-state index is 11.6. The summed E-state index contributed by atoms with van der Waals surface area (Å²) in [5, 5.41) is 2.54. The van der Waals surface area contributed by atoms with Crippen molar-refractivity contribution in [1.29, 1.82) is 0 Å². The minimum absolute atomic E-state index is 0.125. The van der Waals surface area contributed by atoms with E-state index in [4.69, 9.17) is 10.5 Å². The van der Waals surface area contributed by atoms with Crippen molar-refractivity contribution in [2.45, 2.75) is 32.0 Å². The van der Waals surface area contributed by atoms with Gasteiger partial charge in [0.1, 0.15) is 12.3 Å². The van der Waals surface area contributed by atoms with E-state index < -0.39 is 11.6 Å². The normalized spacial score (nSPS) is 12.8. The molecule has 0 fully saturated rings. The van der Waals surface area contributed by atoms with Crippen LogP contribution in [0.5, 0.6) is 0 Å². The van der Waals surface area contributed by atoms with Gasteiger partial charge in [-0.2, -0.15) is 0 Å². The van der Waals surface area contributed by atoms with Crippen LogP contribution in [0.25, 0.3) is 0 Å². The van der Waals surface area contributed by atoms with Gasteiger partial charge in [0.2, 0.25) is 5.91 Å². The Morgan fingerprint density at radius 3 is 2.58 bits per heavy atom. The molecular weight excluding hydrogens is 244 g/mol. The molecule has 0 bridgehead atoms. The van der Waals surface area contributed by atoms with Crippen LogP contribution >= 0.6 is 0 Å². The molecule has 0 spiro atoms. The van der Waals surface area contributed by atoms with Crippen LogP contribution in [-0.4, -0.2) is 30.4 Å². The molecule has 1 aromatic carbocycles. The Labute approximate surface area is 113 Å². The van der Waals surface area contributed by atoms with Gasteiger partial charge in [0.05, 0.1) is 18.8 Å². The number of ether oxygens (including phenoxy) is 1. The molecule has 104 valence electrons. The fraction of sp³-hybridized carbons (Fsp3) is 0.429. The van der Waals surface area contributed by atoms with Gasteiger partial charge in [-0.25, -0.2) is 0 Å². The first-order chi connectivity index (χ1) is 8.93. The van der Waals surface area contributed by atoms with Crippen LogP contribution in [0.2, 0.25) is 0 Å². The lowest BCUT2D eigenvalue weighted by Crippen LogP contribution is -2.53. The lowest BCUT2D eigenvalue weighted by molar-refractivity contribution is -0.128. The zero-order chi connectivity index (χ0) is 14.3. The number of carbonyl (C=O) groups is 2. The monoisotopic (exact) mass is 264 g/mol. The topological polar surface area (TPSA) is 81.4 Å². The fourth-order valence-corrected chi connectivity index (χ4v) is 1.35. The van der Waals surface area contributed by atoms with Crippen LogP contribution in [0.1, 0.15) is 19.4 Å². The van der Waals surface area contributed by atoms with E-state index in [9.17, 15) is 9.59 Å². The second-order valence-corrected chi connectivity index (χ2v) is 4.94. The average Bonchev–Trinajstić information content (AvgIpc) is 2.37. The van der Waals surface area contributed by atoms with Crippen molar-refractivity contribution in [3.63, 3.8) is 0 Å². The SMILES string of the molecule is CC(C)(N)C(=O)NC(C=O)COCc1ccccc1. The number of carbonyl (C=O) groups excluding carboxylic acids is 2. The Balaban J connectivity index is 2.37. The Morgan fingerprint density at radius 2 is 2.05 bits per heavy atom. The Bertz CT molecular complexity index is 412. The molecule has 0 saturated carbocycles. The number of nitrogens with one attached hydrogen (secondary N) is 1. The summed E-state index contributed by atoms with van der Waals surface area (Å²) in [5.41, 5.74) is 5.63. The molecule has 1 atom stereocenters. The molecule has 1 aromatic rings. The minimum Gasteiger partial charge on any atom is -0.374 e. The minimum atomic E-state index is -1.01. The highest BCUT2D eigenvalue weighted by Gasteiger charge is 2.24. The number of amides is 1. The van der Waals surface area contributed by atoms with E-state index in [-0.39, 0.29) is 12.5 Å². The smallest absolute Gasteiger partial charge is 0.240 e. The second kappa shape index (κ2) is 7.01. The lowest BCUT2D eigenvalue weighted by Gasteiger charge is -2.21. The van der Waals surface area contributed by atoms with Gasteiger partial charge < -0.3 is 20.6 Å². The zero-order valence-corrected chi connectivity index (χ0v) is 11.3. The molecule has 1 amide bonds.